The van der Waals surface area contributed by atoms with Crippen LogP contribution < -0.4 is 4.90 Å². The summed E-state index contributed by atoms with van der Waals surface area (Å²) in [5.41, 5.74) is 7.33. The number of rotatable bonds is 5. The monoisotopic (exact) mass is 410 g/mol. The average Bonchev–Trinajstić information content (AvgIpc) is 3.44. The Bertz CT molecular complexity index is 1340. The Morgan fingerprint density at radius 2 is 1.77 bits per heavy atom. The molecule has 0 fully saturated rings. The lowest BCUT2D eigenvalue weighted by Crippen LogP contribution is -2.20. The third-order valence-electron chi connectivity index (χ3n) is 5.36. The molecule has 0 bridgehead atoms. The molecule has 0 radical (unpaired) electrons. The lowest BCUT2D eigenvalue weighted by atomic mass is 9.98. The van der Waals surface area contributed by atoms with Gasteiger partial charge in [0.15, 0.2) is 11.5 Å². The van der Waals surface area contributed by atoms with Crippen LogP contribution in [-0.4, -0.2) is 42.3 Å². The van der Waals surface area contributed by atoms with Crippen LogP contribution in [0.4, 0.5) is 5.82 Å². The lowest BCUT2D eigenvalue weighted by molar-refractivity contribution is 0.828. The Labute approximate surface area is 179 Å². The quantitative estimate of drug-likeness (QED) is 0.474. The molecule has 0 aliphatic carbocycles. The van der Waals surface area contributed by atoms with Gasteiger partial charge in [-0.05, 0) is 41.0 Å². The molecule has 0 amide bonds. The largest absolute Gasteiger partial charge is 0.355 e. The molecule has 31 heavy (non-hydrogen) atoms. The second kappa shape index (κ2) is 7.64. The number of aromatic amines is 1. The molecule has 154 valence electrons. The summed E-state index contributed by atoms with van der Waals surface area (Å²) in [5.74, 6) is 1.67. The van der Waals surface area contributed by atoms with E-state index in [9.17, 15) is 0 Å². The van der Waals surface area contributed by atoms with Crippen molar-refractivity contribution in [2.24, 2.45) is 0 Å². The van der Waals surface area contributed by atoms with Crippen LogP contribution in [0.1, 0.15) is 16.8 Å². The van der Waals surface area contributed by atoms with Crippen LogP contribution in [0.5, 0.6) is 0 Å². The number of anilines is 1. The molecule has 8 nitrogen and oxygen atoms in total. The van der Waals surface area contributed by atoms with Crippen molar-refractivity contribution < 1.29 is 0 Å². The molecule has 0 aliphatic heterocycles. The van der Waals surface area contributed by atoms with Crippen molar-refractivity contribution >= 4 is 11.5 Å². The summed E-state index contributed by atoms with van der Waals surface area (Å²) in [6.07, 6.45) is 1.86. The van der Waals surface area contributed by atoms with Crippen molar-refractivity contribution in [3.05, 3.63) is 77.6 Å². The number of hydrogen-bond acceptors (Lipinski definition) is 6. The van der Waals surface area contributed by atoms with Crippen LogP contribution in [0.15, 0.2) is 60.8 Å². The molecule has 0 atom stereocenters. The summed E-state index contributed by atoms with van der Waals surface area (Å²) in [6.45, 7) is 4.80. The Balaban J connectivity index is 1.42. The van der Waals surface area contributed by atoms with E-state index in [0.717, 1.165) is 46.0 Å². The van der Waals surface area contributed by atoms with E-state index in [2.05, 4.69) is 79.1 Å². The smallest absolute Gasteiger partial charge is 0.180 e. The first-order valence-electron chi connectivity index (χ1n) is 10.1. The van der Waals surface area contributed by atoms with Crippen molar-refractivity contribution in [2.75, 3.05) is 11.9 Å². The molecule has 3 aromatic heterocycles. The highest BCUT2D eigenvalue weighted by atomic mass is 15.5. The van der Waals surface area contributed by atoms with Gasteiger partial charge in [-0.15, -0.1) is 5.10 Å². The average molecular weight is 410 g/mol. The predicted molar refractivity (Wildman–Crippen MR) is 120 cm³/mol. The first-order valence-corrected chi connectivity index (χ1v) is 10.1. The molecule has 0 aliphatic rings. The minimum absolute atomic E-state index is 0.658. The zero-order valence-corrected chi connectivity index (χ0v) is 17.6. The van der Waals surface area contributed by atoms with E-state index in [1.807, 2.05) is 42.8 Å². The molecule has 0 saturated carbocycles. The van der Waals surface area contributed by atoms with E-state index in [1.54, 1.807) is 0 Å². The highest BCUT2D eigenvalue weighted by molar-refractivity contribution is 5.80. The number of aryl methyl sites for hydroxylation is 2. The number of fused-ring (bicyclic) bond motifs is 1. The minimum atomic E-state index is 0.658. The van der Waals surface area contributed by atoms with E-state index >= 15 is 0 Å². The second-order valence-corrected chi connectivity index (χ2v) is 7.67. The maximum atomic E-state index is 4.62. The summed E-state index contributed by atoms with van der Waals surface area (Å²) in [6, 6.07) is 18.7. The maximum absolute atomic E-state index is 4.62. The van der Waals surface area contributed by atoms with Crippen molar-refractivity contribution in [3.63, 3.8) is 0 Å². The normalized spacial score (nSPS) is 11.2. The standard InChI is InChI=1S/C23H22N8/c1-15-13-24-31-21(12-16(2)25-23(15)31)30(3)14-17-8-10-18(11-9-17)19-6-4-5-7-20(19)22-26-28-29-27-22/h4-13H,14H2,1-3H3,(H,26,27,28,29). The summed E-state index contributed by atoms with van der Waals surface area (Å²) in [4.78, 5) is 6.81. The van der Waals surface area contributed by atoms with Crippen LogP contribution in [0, 0.1) is 13.8 Å². The molecule has 0 saturated heterocycles. The summed E-state index contributed by atoms with van der Waals surface area (Å²) < 4.78 is 1.90. The van der Waals surface area contributed by atoms with Crippen molar-refractivity contribution in [1.29, 1.82) is 0 Å². The number of benzene rings is 2. The fourth-order valence-electron chi connectivity index (χ4n) is 3.81. The van der Waals surface area contributed by atoms with Gasteiger partial charge in [-0.2, -0.15) is 9.61 Å². The first kappa shape index (κ1) is 18.9. The van der Waals surface area contributed by atoms with E-state index < -0.39 is 0 Å². The highest BCUT2D eigenvalue weighted by Gasteiger charge is 2.13. The summed E-state index contributed by atoms with van der Waals surface area (Å²) in [5, 5.41) is 18.8. The zero-order chi connectivity index (χ0) is 21.4. The molecule has 5 rings (SSSR count). The second-order valence-electron chi connectivity index (χ2n) is 7.67. The van der Waals surface area contributed by atoms with Gasteiger partial charge < -0.3 is 4.90 Å². The maximum Gasteiger partial charge on any atom is 0.180 e. The van der Waals surface area contributed by atoms with Gasteiger partial charge in [-0.3, -0.25) is 0 Å². The third-order valence-corrected chi connectivity index (χ3v) is 5.36. The zero-order valence-electron chi connectivity index (χ0n) is 17.6. The van der Waals surface area contributed by atoms with E-state index in [4.69, 9.17) is 0 Å². The van der Waals surface area contributed by atoms with Crippen LogP contribution in [-0.2, 0) is 6.54 Å². The molecule has 1 N–H and O–H groups in total. The Kier molecular flexibility index (Phi) is 4.66. The number of nitrogens with one attached hydrogen (secondary N) is 1. The Morgan fingerprint density at radius 3 is 2.52 bits per heavy atom. The summed E-state index contributed by atoms with van der Waals surface area (Å²) in [7, 11) is 2.07. The molecule has 0 unspecified atom stereocenters. The van der Waals surface area contributed by atoms with E-state index in [0.29, 0.717) is 5.82 Å². The van der Waals surface area contributed by atoms with Gasteiger partial charge in [0.1, 0.15) is 5.82 Å². The Morgan fingerprint density at radius 1 is 1.00 bits per heavy atom. The van der Waals surface area contributed by atoms with Crippen molar-refractivity contribution in [2.45, 2.75) is 20.4 Å². The molecule has 8 heteroatoms. The Hall–Kier alpha value is -4.07. The van der Waals surface area contributed by atoms with Gasteiger partial charge in [-0.1, -0.05) is 48.5 Å². The van der Waals surface area contributed by atoms with Gasteiger partial charge >= 0.3 is 0 Å². The van der Waals surface area contributed by atoms with E-state index in [1.165, 1.54) is 5.56 Å². The molecular formula is C23H22N8. The van der Waals surface area contributed by atoms with Crippen LogP contribution >= 0.6 is 0 Å². The first-order chi connectivity index (χ1) is 15.1. The van der Waals surface area contributed by atoms with Gasteiger partial charge in [0.05, 0.1) is 6.20 Å². The highest BCUT2D eigenvalue weighted by Crippen LogP contribution is 2.30. The van der Waals surface area contributed by atoms with Crippen LogP contribution in [0.3, 0.4) is 0 Å². The number of H-pyrrole nitrogens is 1. The molecular weight excluding hydrogens is 388 g/mol. The van der Waals surface area contributed by atoms with Gasteiger partial charge in [0.25, 0.3) is 0 Å². The number of nitrogens with zero attached hydrogens (tertiary/aromatic N) is 7. The van der Waals surface area contributed by atoms with Crippen LogP contribution in [0.2, 0.25) is 0 Å². The van der Waals surface area contributed by atoms with Gasteiger partial charge in [0, 0.05) is 36.5 Å². The number of tetrazole rings is 1. The molecule has 5 aromatic rings. The van der Waals surface area contributed by atoms with Crippen LogP contribution in [0.25, 0.3) is 28.2 Å². The lowest BCUT2D eigenvalue weighted by Gasteiger charge is -2.21. The number of aromatic nitrogens is 7. The predicted octanol–water partition coefficient (Wildman–Crippen LogP) is 3.83. The number of hydrogen-bond donors (Lipinski definition) is 1. The van der Waals surface area contributed by atoms with E-state index in [-0.39, 0.29) is 0 Å². The third kappa shape index (κ3) is 3.52. The minimum Gasteiger partial charge on any atom is -0.355 e. The van der Waals surface area contributed by atoms with Crippen molar-refractivity contribution in [1.82, 2.24) is 35.2 Å². The summed E-state index contributed by atoms with van der Waals surface area (Å²) >= 11 is 0. The van der Waals surface area contributed by atoms with Gasteiger partial charge in [0.2, 0.25) is 0 Å². The molecule has 0 spiro atoms. The molecule has 2 aromatic carbocycles. The fraction of sp³-hybridized carbons (Fsp3) is 0.174. The fourth-order valence-corrected chi connectivity index (χ4v) is 3.81. The SMILES string of the molecule is Cc1cc(N(C)Cc2ccc(-c3ccccc3-c3nnn[nH]3)cc2)n2ncc(C)c2n1. The van der Waals surface area contributed by atoms with Gasteiger partial charge in [-0.25, -0.2) is 10.1 Å². The molecule has 3 heterocycles. The van der Waals surface area contributed by atoms with Crippen molar-refractivity contribution in [3.8, 4) is 22.5 Å². The topological polar surface area (TPSA) is 87.9 Å².